The number of hydrogen-bond acceptors (Lipinski definition) is 0. The minimum absolute atomic E-state index is 1.01. The molecule has 0 atom stereocenters. The largest absolute Gasteiger partial charge is 0.180 e. The summed E-state index contributed by atoms with van der Waals surface area (Å²) in [5.41, 5.74) is 8.93. The van der Waals surface area contributed by atoms with E-state index in [9.17, 15) is 0 Å². The molecular formula is C40H32Si. The zero-order valence-electron chi connectivity index (χ0n) is 23.6. The summed E-state index contributed by atoms with van der Waals surface area (Å²) in [6.45, 7) is 4.82. The van der Waals surface area contributed by atoms with Gasteiger partial charge in [-0.1, -0.05) is 145 Å². The van der Waals surface area contributed by atoms with Crippen LogP contribution in [0.5, 0.6) is 0 Å². The normalized spacial score (nSPS) is 14.7. The highest BCUT2D eigenvalue weighted by Crippen LogP contribution is 2.51. The Morgan fingerprint density at radius 3 is 1.24 bits per heavy atom. The van der Waals surface area contributed by atoms with Gasteiger partial charge in [0.2, 0.25) is 0 Å². The standard InChI is InChI=1S/C40H32Si/c1-27-25-31-23-21-29-13-9-11-19-35(29)37(31)39(27)41(33-15-5-3-6-16-33,34-17-7-4-8-18-34)40-28(2)26-32-24-22-30-14-10-12-20-36(30)38(32)40/h3-24H,25-26H2,1-2H3. The van der Waals surface area contributed by atoms with Crippen molar-refractivity contribution in [1.29, 1.82) is 0 Å². The third kappa shape index (κ3) is 3.46. The molecule has 0 radical (unpaired) electrons. The molecule has 196 valence electrons. The fraction of sp³-hybridized carbons (Fsp3) is 0.100. The number of fused-ring (bicyclic) bond motifs is 6. The van der Waals surface area contributed by atoms with E-state index < -0.39 is 8.07 Å². The van der Waals surface area contributed by atoms with E-state index in [4.69, 9.17) is 0 Å². The fourth-order valence-corrected chi connectivity index (χ4v) is 13.9. The molecule has 8 rings (SSSR count). The van der Waals surface area contributed by atoms with Crippen molar-refractivity contribution in [2.75, 3.05) is 0 Å². The third-order valence-electron chi connectivity index (χ3n) is 9.46. The smallest absolute Gasteiger partial charge is 0.0679 e. The Hall–Kier alpha value is -4.46. The lowest BCUT2D eigenvalue weighted by atomic mass is 10.0. The first kappa shape index (κ1) is 24.3. The van der Waals surface area contributed by atoms with Gasteiger partial charge in [-0.3, -0.25) is 0 Å². The van der Waals surface area contributed by atoms with Crippen LogP contribution < -0.4 is 10.4 Å². The molecule has 2 aliphatic carbocycles. The maximum atomic E-state index is 2.42. The van der Waals surface area contributed by atoms with Crippen LogP contribution >= 0.6 is 0 Å². The van der Waals surface area contributed by atoms with E-state index in [1.54, 1.807) is 10.4 Å². The Bertz CT molecular complexity index is 1890. The van der Waals surface area contributed by atoms with E-state index in [0.29, 0.717) is 0 Å². The average Bonchev–Trinajstić information content (AvgIpc) is 3.55. The maximum absolute atomic E-state index is 2.79. The Labute approximate surface area is 243 Å². The first-order chi connectivity index (χ1) is 20.2. The van der Waals surface area contributed by atoms with Gasteiger partial charge in [0.1, 0.15) is 0 Å². The first-order valence-electron chi connectivity index (χ1n) is 14.7. The molecular weight excluding hydrogens is 509 g/mol. The summed E-state index contributed by atoms with van der Waals surface area (Å²) in [6, 6.07) is 50.5. The van der Waals surface area contributed by atoms with Crippen molar-refractivity contribution in [2.24, 2.45) is 0 Å². The van der Waals surface area contributed by atoms with Crippen LogP contribution in [0.4, 0.5) is 0 Å². The summed E-state index contributed by atoms with van der Waals surface area (Å²) >= 11 is 0. The molecule has 0 amide bonds. The summed E-state index contributed by atoms with van der Waals surface area (Å²) in [7, 11) is -2.79. The highest BCUT2D eigenvalue weighted by Gasteiger charge is 2.51. The van der Waals surface area contributed by atoms with Crippen LogP contribution in [0.25, 0.3) is 31.9 Å². The number of hydrogen-bond donors (Lipinski definition) is 0. The van der Waals surface area contributed by atoms with Crippen molar-refractivity contribution in [1.82, 2.24) is 0 Å². The topological polar surface area (TPSA) is 0 Å². The van der Waals surface area contributed by atoms with Gasteiger partial charge in [0.05, 0.1) is 0 Å². The molecule has 0 nitrogen and oxygen atoms in total. The zero-order chi connectivity index (χ0) is 27.6. The van der Waals surface area contributed by atoms with Gasteiger partial charge in [0, 0.05) is 0 Å². The number of rotatable bonds is 4. The molecule has 0 spiro atoms. The van der Waals surface area contributed by atoms with Gasteiger partial charge < -0.3 is 0 Å². The lowest BCUT2D eigenvalue weighted by Gasteiger charge is -2.39. The average molecular weight is 541 g/mol. The molecule has 0 heterocycles. The molecule has 0 aliphatic heterocycles. The molecule has 0 unspecified atom stereocenters. The van der Waals surface area contributed by atoms with Gasteiger partial charge in [0.15, 0.2) is 8.07 Å². The number of benzene rings is 6. The van der Waals surface area contributed by atoms with Gasteiger partial charge in [-0.05, 0) is 91.3 Å². The highest BCUT2D eigenvalue weighted by atomic mass is 28.3. The van der Waals surface area contributed by atoms with Crippen molar-refractivity contribution in [3.05, 3.63) is 167 Å². The molecule has 2 aliphatic rings. The summed E-state index contributed by atoms with van der Waals surface area (Å²) in [6.07, 6.45) is 2.03. The van der Waals surface area contributed by atoms with Crippen LogP contribution in [0.3, 0.4) is 0 Å². The van der Waals surface area contributed by atoms with Gasteiger partial charge >= 0.3 is 0 Å². The van der Waals surface area contributed by atoms with Crippen LogP contribution in [0.2, 0.25) is 0 Å². The van der Waals surface area contributed by atoms with Crippen LogP contribution in [-0.4, -0.2) is 8.07 Å². The molecule has 41 heavy (non-hydrogen) atoms. The summed E-state index contributed by atoms with van der Waals surface area (Å²) in [4.78, 5) is 0. The van der Waals surface area contributed by atoms with E-state index in [2.05, 4.69) is 147 Å². The van der Waals surface area contributed by atoms with Gasteiger partial charge in [-0.2, -0.15) is 0 Å². The van der Waals surface area contributed by atoms with Gasteiger partial charge in [0.25, 0.3) is 0 Å². The summed E-state index contributed by atoms with van der Waals surface area (Å²) in [5, 5.41) is 11.5. The maximum Gasteiger partial charge on any atom is 0.180 e. The molecule has 0 N–H and O–H groups in total. The predicted molar refractivity (Wildman–Crippen MR) is 178 cm³/mol. The minimum Gasteiger partial charge on any atom is -0.0679 e. The Morgan fingerprint density at radius 1 is 0.415 bits per heavy atom. The molecule has 0 aromatic heterocycles. The van der Waals surface area contributed by atoms with Crippen molar-refractivity contribution in [3.8, 4) is 0 Å². The molecule has 0 fully saturated rings. The van der Waals surface area contributed by atoms with Crippen molar-refractivity contribution in [3.63, 3.8) is 0 Å². The molecule has 1 heteroatoms. The van der Waals surface area contributed by atoms with Crippen LogP contribution in [0.15, 0.2) is 145 Å². The molecule has 6 aromatic rings. The van der Waals surface area contributed by atoms with Crippen LogP contribution in [0.1, 0.15) is 36.1 Å². The molecule has 6 aromatic carbocycles. The lowest BCUT2D eigenvalue weighted by Crippen LogP contribution is -2.61. The fourth-order valence-electron chi connectivity index (χ4n) is 7.95. The van der Waals surface area contributed by atoms with E-state index >= 15 is 0 Å². The Balaban J connectivity index is 1.59. The Morgan fingerprint density at radius 2 is 0.805 bits per heavy atom. The quantitative estimate of drug-likeness (QED) is 0.196. The second kappa shape index (κ2) is 9.29. The van der Waals surface area contributed by atoms with Crippen molar-refractivity contribution in [2.45, 2.75) is 26.7 Å². The van der Waals surface area contributed by atoms with Gasteiger partial charge in [-0.25, -0.2) is 0 Å². The third-order valence-corrected chi connectivity index (χ3v) is 14.7. The molecule has 0 bridgehead atoms. The zero-order valence-corrected chi connectivity index (χ0v) is 24.6. The summed E-state index contributed by atoms with van der Waals surface area (Å²) in [5.74, 6) is 0. The van der Waals surface area contributed by atoms with E-state index in [1.807, 2.05) is 0 Å². The van der Waals surface area contributed by atoms with E-state index in [-0.39, 0.29) is 0 Å². The van der Waals surface area contributed by atoms with Crippen LogP contribution in [0, 0.1) is 0 Å². The lowest BCUT2D eigenvalue weighted by molar-refractivity contribution is 1.20. The predicted octanol–water partition coefficient (Wildman–Crippen LogP) is 8.69. The SMILES string of the molecule is CC1=C([Si](C2=C(C)Cc3ccc4ccccc4c32)(c2ccccc2)c2ccccc2)c2c(ccc3ccccc23)C1. The second-order valence-corrected chi connectivity index (χ2v) is 15.4. The monoisotopic (exact) mass is 540 g/mol. The minimum atomic E-state index is -2.79. The van der Waals surface area contributed by atoms with Crippen molar-refractivity contribution < 1.29 is 0 Å². The second-order valence-electron chi connectivity index (χ2n) is 11.8. The van der Waals surface area contributed by atoms with Crippen molar-refractivity contribution >= 4 is 50.4 Å². The van der Waals surface area contributed by atoms with Crippen LogP contribution in [-0.2, 0) is 12.8 Å². The number of allylic oxidation sites excluding steroid dienone is 2. The van der Waals surface area contributed by atoms with E-state index in [0.717, 1.165) is 12.8 Å². The Kier molecular flexibility index (Phi) is 5.52. The summed E-state index contributed by atoms with van der Waals surface area (Å²) < 4.78 is 0. The molecule has 0 saturated heterocycles. The highest BCUT2D eigenvalue weighted by molar-refractivity contribution is 7.26. The first-order valence-corrected chi connectivity index (χ1v) is 16.7. The molecule has 0 saturated carbocycles. The van der Waals surface area contributed by atoms with Gasteiger partial charge in [-0.15, -0.1) is 0 Å². The van der Waals surface area contributed by atoms with E-state index in [1.165, 1.54) is 65.3 Å².